The molecule has 0 bridgehead atoms. The molecule has 0 saturated carbocycles. The molecule has 1 fully saturated rings. The lowest BCUT2D eigenvalue weighted by atomic mass is 10.2. The molecule has 152 valence electrons. The Balaban J connectivity index is 1.98. The number of nitrogens with zero attached hydrogens (tertiary/aromatic N) is 1. The first-order chi connectivity index (χ1) is 13.3. The number of methoxy groups -OCH3 is 1. The van der Waals surface area contributed by atoms with Crippen LogP contribution in [0.4, 0.5) is 10.1 Å². The topological polar surface area (TPSA) is 92.8 Å². The molecule has 1 N–H and O–H groups in total. The molecular weight excluding hydrogens is 407 g/mol. The van der Waals surface area contributed by atoms with Gasteiger partial charge in [0.1, 0.15) is 21.4 Å². The third-order valence-corrected chi connectivity index (χ3v) is 7.81. The van der Waals surface area contributed by atoms with Gasteiger partial charge in [0.15, 0.2) is 0 Å². The molecule has 0 aromatic heterocycles. The maximum absolute atomic E-state index is 13.9. The van der Waals surface area contributed by atoms with E-state index in [9.17, 15) is 21.2 Å². The monoisotopic (exact) mass is 428 g/mol. The minimum Gasteiger partial charge on any atom is -0.495 e. The lowest BCUT2D eigenvalue weighted by Crippen LogP contribution is -2.35. The summed E-state index contributed by atoms with van der Waals surface area (Å²) in [7, 11) is -6.74. The van der Waals surface area contributed by atoms with Gasteiger partial charge in [-0.3, -0.25) is 4.72 Å². The van der Waals surface area contributed by atoms with E-state index in [1.54, 1.807) is 0 Å². The number of sulfonamides is 2. The fourth-order valence-electron chi connectivity index (χ4n) is 3.06. The summed E-state index contributed by atoms with van der Waals surface area (Å²) < 4.78 is 73.7. The van der Waals surface area contributed by atoms with Crippen molar-refractivity contribution in [3.8, 4) is 5.75 Å². The highest BCUT2D eigenvalue weighted by atomic mass is 32.2. The Bertz CT molecular complexity index is 1070. The maximum atomic E-state index is 13.9. The van der Waals surface area contributed by atoms with Crippen LogP contribution in [0.5, 0.6) is 5.75 Å². The zero-order valence-electron chi connectivity index (χ0n) is 15.3. The maximum Gasteiger partial charge on any atom is 0.264 e. The van der Waals surface area contributed by atoms with E-state index in [0.717, 1.165) is 31.4 Å². The summed E-state index contributed by atoms with van der Waals surface area (Å²) in [4.78, 5) is -0.656. The van der Waals surface area contributed by atoms with Crippen LogP contribution >= 0.6 is 0 Å². The minimum atomic E-state index is -4.22. The molecule has 0 amide bonds. The quantitative estimate of drug-likeness (QED) is 0.764. The van der Waals surface area contributed by atoms with Crippen molar-refractivity contribution in [3.63, 3.8) is 0 Å². The van der Waals surface area contributed by atoms with E-state index in [2.05, 4.69) is 4.72 Å². The fourth-order valence-corrected chi connectivity index (χ4v) is 5.89. The Morgan fingerprint density at radius 2 is 1.64 bits per heavy atom. The minimum absolute atomic E-state index is 0.000336. The second kappa shape index (κ2) is 8.06. The molecule has 10 heteroatoms. The van der Waals surface area contributed by atoms with Crippen LogP contribution in [0.2, 0.25) is 0 Å². The van der Waals surface area contributed by atoms with Crippen LogP contribution in [-0.2, 0) is 20.0 Å². The Morgan fingerprint density at radius 1 is 0.964 bits per heavy atom. The highest BCUT2D eigenvalue weighted by Crippen LogP contribution is 2.32. The van der Waals surface area contributed by atoms with Crippen LogP contribution < -0.4 is 9.46 Å². The second-order valence-corrected chi connectivity index (χ2v) is 9.92. The number of benzene rings is 2. The van der Waals surface area contributed by atoms with E-state index in [0.29, 0.717) is 13.1 Å². The zero-order chi connectivity index (χ0) is 20.4. The van der Waals surface area contributed by atoms with Gasteiger partial charge < -0.3 is 4.74 Å². The van der Waals surface area contributed by atoms with E-state index in [1.165, 1.54) is 41.7 Å². The first-order valence-corrected chi connectivity index (χ1v) is 11.6. The van der Waals surface area contributed by atoms with E-state index in [4.69, 9.17) is 4.74 Å². The molecule has 1 aliphatic heterocycles. The third-order valence-electron chi connectivity index (χ3n) is 4.47. The van der Waals surface area contributed by atoms with Crippen LogP contribution in [0.3, 0.4) is 0 Å². The van der Waals surface area contributed by atoms with Gasteiger partial charge in [-0.1, -0.05) is 18.6 Å². The van der Waals surface area contributed by atoms with Crippen LogP contribution in [-0.4, -0.2) is 41.3 Å². The van der Waals surface area contributed by atoms with Crippen molar-refractivity contribution in [2.45, 2.75) is 29.1 Å². The standard InChI is InChI=1S/C18H21FN2O5S2/c1-26-16-10-9-14(20-27(22,23)17-8-4-3-7-15(17)19)13-18(16)28(24,25)21-11-5-2-6-12-21/h3-4,7-10,13,20H,2,5-6,11-12H2,1H3. The molecular formula is C18H21FN2O5S2. The van der Waals surface area contributed by atoms with Crippen molar-refractivity contribution in [3.05, 3.63) is 48.3 Å². The first kappa shape index (κ1) is 20.6. The SMILES string of the molecule is COc1ccc(NS(=O)(=O)c2ccccc2F)cc1S(=O)(=O)N1CCCCC1. The number of hydrogen-bond donors (Lipinski definition) is 1. The van der Waals surface area contributed by atoms with Crippen LogP contribution in [0.15, 0.2) is 52.3 Å². The van der Waals surface area contributed by atoms with Crippen molar-refractivity contribution in [1.29, 1.82) is 0 Å². The summed E-state index contributed by atoms with van der Waals surface area (Å²) in [6.07, 6.45) is 2.49. The number of nitrogens with one attached hydrogen (secondary N) is 1. The van der Waals surface area contributed by atoms with Crippen molar-refractivity contribution >= 4 is 25.7 Å². The Kier molecular flexibility index (Phi) is 5.92. The summed E-state index contributed by atoms with van der Waals surface area (Å²) in [6, 6.07) is 8.88. The molecule has 28 heavy (non-hydrogen) atoms. The summed E-state index contributed by atoms with van der Waals surface area (Å²) >= 11 is 0. The number of halogens is 1. The van der Waals surface area contributed by atoms with Crippen molar-refractivity contribution in [1.82, 2.24) is 4.31 Å². The Labute approximate surface area is 164 Å². The van der Waals surface area contributed by atoms with Gasteiger partial charge in [-0.15, -0.1) is 0 Å². The summed E-state index contributed by atoms with van der Waals surface area (Å²) in [5.74, 6) is -0.788. The number of ether oxygens (including phenoxy) is 1. The molecule has 1 aliphatic rings. The number of anilines is 1. The van der Waals surface area contributed by atoms with Crippen molar-refractivity contribution < 1.29 is 26.0 Å². The van der Waals surface area contributed by atoms with Gasteiger partial charge in [-0.05, 0) is 43.2 Å². The average molecular weight is 429 g/mol. The van der Waals surface area contributed by atoms with E-state index >= 15 is 0 Å². The van der Waals surface area contributed by atoms with E-state index < -0.39 is 30.8 Å². The number of piperidine rings is 1. The van der Waals surface area contributed by atoms with Crippen molar-refractivity contribution in [2.24, 2.45) is 0 Å². The molecule has 3 rings (SSSR count). The molecule has 0 atom stereocenters. The smallest absolute Gasteiger partial charge is 0.264 e. The van der Waals surface area contributed by atoms with Gasteiger partial charge in [0.05, 0.1) is 12.8 Å². The highest BCUT2D eigenvalue weighted by molar-refractivity contribution is 7.92. The first-order valence-electron chi connectivity index (χ1n) is 8.71. The van der Waals surface area contributed by atoms with Crippen LogP contribution in [0, 0.1) is 5.82 Å². The molecule has 0 aliphatic carbocycles. The molecule has 2 aromatic rings. The molecule has 1 saturated heterocycles. The molecule has 0 unspecified atom stereocenters. The number of hydrogen-bond acceptors (Lipinski definition) is 5. The third kappa shape index (κ3) is 4.13. The molecule has 7 nitrogen and oxygen atoms in total. The average Bonchev–Trinajstić information content (AvgIpc) is 2.68. The van der Waals surface area contributed by atoms with Gasteiger partial charge in [0.2, 0.25) is 10.0 Å². The fraction of sp³-hybridized carbons (Fsp3) is 0.333. The lowest BCUT2D eigenvalue weighted by molar-refractivity contribution is 0.343. The predicted octanol–water partition coefficient (Wildman–Crippen LogP) is 2.81. The van der Waals surface area contributed by atoms with Crippen molar-refractivity contribution in [2.75, 3.05) is 24.9 Å². The predicted molar refractivity (Wildman–Crippen MR) is 103 cm³/mol. The van der Waals surface area contributed by atoms with Gasteiger partial charge in [-0.2, -0.15) is 4.31 Å². The van der Waals surface area contributed by atoms with Gasteiger partial charge in [0, 0.05) is 13.1 Å². The summed E-state index contributed by atoms with van der Waals surface area (Å²) in [5.41, 5.74) is -0.000336. The van der Waals surface area contributed by atoms with Crippen LogP contribution in [0.1, 0.15) is 19.3 Å². The molecule has 1 heterocycles. The zero-order valence-corrected chi connectivity index (χ0v) is 16.9. The van der Waals surface area contributed by atoms with Gasteiger partial charge in [0.25, 0.3) is 10.0 Å². The van der Waals surface area contributed by atoms with E-state index in [-0.39, 0.29) is 16.3 Å². The molecule has 2 aromatic carbocycles. The number of rotatable bonds is 6. The van der Waals surface area contributed by atoms with E-state index in [1.807, 2.05) is 0 Å². The highest BCUT2D eigenvalue weighted by Gasteiger charge is 2.30. The summed E-state index contributed by atoms with van der Waals surface area (Å²) in [5, 5.41) is 0. The van der Waals surface area contributed by atoms with Crippen LogP contribution in [0.25, 0.3) is 0 Å². The second-order valence-electron chi connectivity index (χ2n) is 6.37. The molecule has 0 radical (unpaired) electrons. The molecule has 0 spiro atoms. The lowest BCUT2D eigenvalue weighted by Gasteiger charge is -2.26. The largest absolute Gasteiger partial charge is 0.495 e. The summed E-state index contributed by atoms with van der Waals surface area (Å²) in [6.45, 7) is 0.799. The normalized spacial score (nSPS) is 15.9. The van der Waals surface area contributed by atoms with Gasteiger partial charge in [-0.25, -0.2) is 21.2 Å². The Morgan fingerprint density at radius 3 is 2.29 bits per heavy atom. The van der Waals surface area contributed by atoms with Gasteiger partial charge >= 0.3 is 0 Å². The Hall–Kier alpha value is -2.17.